The van der Waals surface area contributed by atoms with Gasteiger partial charge in [0.1, 0.15) is 6.04 Å². The number of amides is 1. The molecule has 0 aliphatic rings. The van der Waals surface area contributed by atoms with Gasteiger partial charge in [0, 0.05) is 13.6 Å². The third kappa shape index (κ3) is 3.93. The summed E-state index contributed by atoms with van der Waals surface area (Å²) in [6.07, 6.45) is 0. The lowest BCUT2D eigenvalue weighted by Crippen LogP contribution is -2.38. The van der Waals surface area contributed by atoms with Crippen LogP contribution in [-0.2, 0) is 11.3 Å². The maximum Gasteiger partial charge on any atom is 0.244 e. The van der Waals surface area contributed by atoms with Crippen molar-refractivity contribution in [2.75, 3.05) is 21.1 Å². The predicted molar refractivity (Wildman–Crippen MR) is 88.4 cm³/mol. The maximum atomic E-state index is 12.8. The largest absolute Gasteiger partial charge is 0.340 e. The van der Waals surface area contributed by atoms with Crippen LogP contribution in [0.4, 0.5) is 0 Å². The summed E-state index contributed by atoms with van der Waals surface area (Å²) in [7, 11) is 5.76. The van der Waals surface area contributed by atoms with Crippen LogP contribution in [0.3, 0.4) is 0 Å². The molecule has 1 aromatic carbocycles. The Kier molecular flexibility index (Phi) is 5.15. The molecule has 0 bridgehead atoms. The van der Waals surface area contributed by atoms with Gasteiger partial charge in [-0.3, -0.25) is 9.69 Å². The minimum absolute atomic E-state index is 0.122. The van der Waals surface area contributed by atoms with Crippen molar-refractivity contribution in [2.24, 2.45) is 0 Å². The van der Waals surface area contributed by atoms with Gasteiger partial charge in [-0.1, -0.05) is 29.8 Å². The molecular formula is C17H22N2OS. The van der Waals surface area contributed by atoms with Crippen LogP contribution in [0.15, 0.2) is 41.1 Å². The number of nitrogens with zero attached hydrogens (tertiary/aromatic N) is 2. The van der Waals surface area contributed by atoms with Crippen molar-refractivity contribution in [2.45, 2.75) is 19.5 Å². The zero-order valence-corrected chi connectivity index (χ0v) is 13.9. The van der Waals surface area contributed by atoms with Gasteiger partial charge in [-0.2, -0.15) is 11.3 Å². The van der Waals surface area contributed by atoms with E-state index in [9.17, 15) is 4.79 Å². The molecule has 2 aromatic rings. The Hall–Kier alpha value is -1.65. The molecule has 0 radical (unpaired) electrons. The van der Waals surface area contributed by atoms with Crippen LogP contribution in [0, 0.1) is 6.92 Å². The fraction of sp³-hybridized carbons (Fsp3) is 0.353. The Morgan fingerprint density at radius 3 is 2.57 bits per heavy atom. The van der Waals surface area contributed by atoms with E-state index in [2.05, 4.69) is 30.5 Å². The molecule has 1 heterocycles. The van der Waals surface area contributed by atoms with Gasteiger partial charge in [-0.05, 0) is 49.0 Å². The van der Waals surface area contributed by atoms with Gasteiger partial charge in [0.05, 0.1) is 0 Å². The molecule has 0 fully saturated rings. The van der Waals surface area contributed by atoms with Crippen LogP contribution < -0.4 is 0 Å². The standard InChI is InChI=1S/C17H22N2OS/c1-13-6-5-7-15(10-13)16(18(2)3)17(20)19(4)11-14-8-9-21-12-14/h5-10,12,16H,11H2,1-4H3/t16-/m0/s1. The zero-order valence-electron chi connectivity index (χ0n) is 13.0. The van der Waals surface area contributed by atoms with Crippen molar-refractivity contribution < 1.29 is 4.79 Å². The van der Waals surface area contributed by atoms with Gasteiger partial charge < -0.3 is 4.90 Å². The summed E-state index contributed by atoms with van der Waals surface area (Å²) < 4.78 is 0. The van der Waals surface area contributed by atoms with Gasteiger partial charge >= 0.3 is 0 Å². The fourth-order valence-electron chi connectivity index (χ4n) is 2.44. The smallest absolute Gasteiger partial charge is 0.244 e. The monoisotopic (exact) mass is 302 g/mol. The van der Waals surface area contributed by atoms with Crippen molar-refractivity contribution in [3.63, 3.8) is 0 Å². The number of hydrogen-bond acceptors (Lipinski definition) is 3. The molecule has 0 spiro atoms. The van der Waals surface area contributed by atoms with Crippen molar-refractivity contribution in [3.05, 3.63) is 57.8 Å². The first-order valence-corrected chi connectivity index (χ1v) is 7.92. The first kappa shape index (κ1) is 15.7. The van der Waals surface area contributed by atoms with Crippen LogP contribution in [0.1, 0.15) is 22.7 Å². The molecule has 1 aromatic heterocycles. The number of thiophene rings is 1. The highest BCUT2D eigenvalue weighted by molar-refractivity contribution is 7.07. The van der Waals surface area contributed by atoms with Crippen LogP contribution in [0.25, 0.3) is 0 Å². The molecule has 1 amide bonds. The summed E-state index contributed by atoms with van der Waals surface area (Å²) in [6, 6.07) is 9.98. The van der Waals surface area contributed by atoms with Crippen LogP contribution in [0.2, 0.25) is 0 Å². The van der Waals surface area contributed by atoms with E-state index in [1.165, 1.54) is 11.1 Å². The molecule has 1 atom stereocenters. The third-order valence-corrected chi connectivity index (χ3v) is 4.22. The summed E-state index contributed by atoms with van der Waals surface area (Å²) in [4.78, 5) is 16.6. The van der Waals surface area contributed by atoms with E-state index in [-0.39, 0.29) is 11.9 Å². The molecule has 2 rings (SSSR count). The van der Waals surface area contributed by atoms with Gasteiger partial charge in [0.15, 0.2) is 0 Å². The second-order valence-electron chi connectivity index (χ2n) is 5.61. The number of rotatable bonds is 5. The van der Waals surface area contributed by atoms with E-state index >= 15 is 0 Å². The fourth-order valence-corrected chi connectivity index (χ4v) is 3.10. The Bertz CT molecular complexity index is 593. The number of carbonyl (C=O) groups excluding carboxylic acids is 1. The summed E-state index contributed by atoms with van der Waals surface area (Å²) >= 11 is 1.66. The van der Waals surface area contributed by atoms with Crippen LogP contribution in [-0.4, -0.2) is 36.9 Å². The molecule has 0 aliphatic heterocycles. The third-order valence-electron chi connectivity index (χ3n) is 3.48. The Balaban J connectivity index is 2.19. The highest BCUT2D eigenvalue weighted by atomic mass is 32.1. The van der Waals surface area contributed by atoms with Gasteiger partial charge in [-0.15, -0.1) is 0 Å². The second kappa shape index (κ2) is 6.87. The second-order valence-corrected chi connectivity index (χ2v) is 6.39. The number of benzene rings is 1. The molecule has 0 aliphatic carbocycles. The minimum Gasteiger partial charge on any atom is -0.340 e. The highest BCUT2D eigenvalue weighted by Crippen LogP contribution is 2.22. The van der Waals surface area contributed by atoms with Crippen molar-refractivity contribution in [1.82, 2.24) is 9.80 Å². The van der Waals surface area contributed by atoms with Gasteiger partial charge in [0.25, 0.3) is 0 Å². The summed E-state index contributed by atoms with van der Waals surface area (Å²) in [6.45, 7) is 2.70. The van der Waals surface area contributed by atoms with E-state index in [4.69, 9.17) is 0 Å². The zero-order chi connectivity index (χ0) is 15.4. The molecule has 0 unspecified atom stereocenters. The summed E-state index contributed by atoms with van der Waals surface area (Å²) in [5.41, 5.74) is 3.40. The lowest BCUT2D eigenvalue weighted by molar-refractivity contribution is -0.135. The number of carbonyl (C=O) groups is 1. The van der Waals surface area contributed by atoms with Crippen molar-refractivity contribution in [3.8, 4) is 0 Å². The van der Waals surface area contributed by atoms with E-state index in [0.717, 1.165) is 5.56 Å². The van der Waals surface area contributed by atoms with E-state index in [1.807, 2.05) is 43.6 Å². The Morgan fingerprint density at radius 1 is 1.24 bits per heavy atom. The van der Waals surface area contributed by atoms with Crippen LogP contribution in [0.5, 0.6) is 0 Å². The predicted octanol–water partition coefficient (Wildman–Crippen LogP) is 3.32. The Labute approximate surface area is 130 Å². The molecule has 21 heavy (non-hydrogen) atoms. The number of likely N-dealkylation sites (N-methyl/N-ethyl adjacent to an activating group) is 2. The first-order valence-electron chi connectivity index (χ1n) is 6.98. The first-order chi connectivity index (χ1) is 9.99. The topological polar surface area (TPSA) is 23.6 Å². The van der Waals surface area contributed by atoms with E-state index in [0.29, 0.717) is 6.54 Å². The SMILES string of the molecule is Cc1cccc([C@@H](C(=O)N(C)Cc2ccsc2)N(C)C)c1. The molecule has 3 nitrogen and oxygen atoms in total. The summed E-state index contributed by atoms with van der Waals surface area (Å²) in [5.74, 6) is 0.122. The molecule has 4 heteroatoms. The van der Waals surface area contributed by atoms with Crippen molar-refractivity contribution >= 4 is 17.2 Å². The lowest BCUT2D eigenvalue weighted by Gasteiger charge is -2.28. The number of hydrogen-bond donors (Lipinski definition) is 0. The molecular weight excluding hydrogens is 280 g/mol. The summed E-state index contributed by atoms with van der Waals surface area (Å²) in [5, 5.41) is 4.12. The van der Waals surface area contributed by atoms with E-state index < -0.39 is 0 Å². The van der Waals surface area contributed by atoms with E-state index in [1.54, 1.807) is 16.2 Å². The van der Waals surface area contributed by atoms with Gasteiger partial charge in [-0.25, -0.2) is 0 Å². The minimum atomic E-state index is -0.242. The maximum absolute atomic E-state index is 12.8. The van der Waals surface area contributed by atoms with Crippen molar-refractivity contribution in [1.29, 1.82) is 0 Å². The quantitative estimate of drug-likeness (QED) is 0.846. The molecule has 0 saturated carbocycles. The molecule has 0 saturated heterocycles. The Morgan fingerprint density at radius 2 is 2.00 bits per heavy atom. The number of aryl methyl sites for hydroxylation is 1. The average molecular weight is 302 g/mol. The normalized spacial score (nSPS) is 12.4. The average Bonchev–Trinajstić information content (AvgIpc) is 2.91. The highest BCUT2D eigenvalue weighted by Gasteiger charge is 2.26. The van der Waals surface area contributed by atoms with Crippen LogP contribution >= 0.6 is 11.3 Å². The molecule has 112 valence electrons. The molecule has 0 N–H and O–H groups in total. The lowest BCUT2D eigenvalue weighted by atomic mass is 10.0. The van der Waals surface area contributed by atoms with Gasteiger partial charge in [0.2, 0.25) is 5.91 Å².